The zero-order valence-corrected chi connectivity index (χ0v) is 23.3. The summed E-state index contributed by atoms with van der Waals surface area (Å²) >= 11 is 0. The Balaban J connectivity index is 1.75. The summed E-state index contributed by atoms with van der Waals surface area (Å²) in [4.78, 5) is 65.0. The molecule has 0 unspecified atom stereocenters. The summed E-state index contributed by atoms with van der Waals surface area (Å²) in [5.41, 5.74) is 0.325. The first-order chi connectivity index (χ1) is 21.4. The van der Waals surface area contributed by atoms with Crippen LogP contribution in [0.2, 0.25) is 0 Å². The van der Waals surface area contributed by atoms with Gasteiger partial charge in [-0.2, -0.15) is 0 Å². The van der Waals surface area contributed by atoms with Crippen molar-refractivity contribution < 1.29 is 48.0 Å². The van der Waals surface area contributed by atoms with Crippen molar-refractivity contribution in [2.75, 3.05) is 6.61 Å². The number of aliphatic hydroxyl groups excluding tert-OH is 1. The number of rotatable bonds is 13. The van der Waals surface area contributed by atoms with Crippen LogP contribution >= 0.6 is 0 Å². The fourth-order valence-corrected chi connectivity index (χ4v) is 4.13. The number of esters is 4. The van der Waals surface area contributed by atoms with Gasteiger partial charge in [0.05, 0.1) is 28.9 Å². The Bertz CT molecular complexity index is 1540. The van der Waals surface area contributed by atoms with Gasteiger partial charge in [-0.15, -0.1) is 0 Å². The monoisotopic (exact) mass is 596 g/mol. The minimum Gasteiger partial charge on any atom is -0.452 e. The lowest BCUT2D eigenvalue weighted by molar-refractivity contribution is -0.142. The topological polar surface area (TPSA) is 143 Å². The van der Waals surface area contributed by atoms with E-state index in [1.54, 1.807) is 72.8 Å². The number of hydrogen-bond donors (Lipinski definition) is 1. The highest BCUT2D eigenvalue weighted by molar-refractivity contribution is 5.92. The molecule has 4 atom stereocenters. The normalized spacial score (nSPS) is 13.3. The van der Waals surface area contributed by atoms with Crippen LogP contribution in [0.5, 0.6) is 0 Å². The fraction of sp³-hybridized carbons (Fsp3) is 0.147. The van der Waals surface area contributed by atoms with Crippen LogP contribution in [-0.2, 0) is 23.7 Å². The molecule has 0 aliphatic heterocycles. The molecule has 0 aliphatic rings. The van der Waals surface area contributed by atoms with Crippen LogP contribution in [0.4, 0.5) is 0 Å². The van der Waals surface area contributed by atoms with E-state index in [1.165, 1.54) is 48.5 Å². The third-order valence-electron chi connectivity index (χ3n) is 6.35. The molecule has 10 heteroatoms. The third kappa shape index (κ3) is 8.24. The maximum Gasteiger partial charge on any atom is 0.338 e. The molecule has 1 N–H and O–H groups in total. The molecule has 0 aliphatic carbocycles. The average molecular weight is 597 g/mol. The first kappa shape index (κ1) is 31.3. The van der Waals surface area contributed by atoms with Gasteiger partial charge in [-0.05, 0) is 48.5 Å². The lowest BCUT2D eigenvalue weighted by atomic mass is 10.0. The van der Waals surface area contributed by atoms with Gasteiger partial charge in [0, 0.05) is 0 Å². The van der Waals surface area contributed by atoms with E-state index in [2.05, 4.69) is 0 Å². The molecule has 0 amide bonds. The van der Waals surface area contributed by atoms with E-state index in [0.29, 0.717) is 0 Å². The molecule has 0 spiro atoms. The number of aliphatic hydroxyl groups is 1. The van der Waals surface area contributed by atoms with Crippen LogP contribution in [0.25, 0.3) is 0 Å². The molecular weight excluding hydrogens is 568 g/mol. The van der Waals surface area contributed by atoms with Crippen LogP contribution < -0.4 is 0 Å². The van der Waals surface area contributed by atoms with Crippen LogP contribution in [-0.4, -0.2) is 66.3 Å². The van der Waals surface area contributed by atoms with E-state index < -0.39 is 54.9 Å². The van der Waals surface area contributed by atoms with Crippen LogP contribution in [0.15, 0.2) is 121 Å². The molecule has 0 fully saturated rings. The van der Waals surface area contributed by atoms with Crippen LogP contribution in [0.1, 0.15) is 41.4 Å². The lowest BCUT2D eigenvalue weighted by Gasteiger charge is -2.34. The highest BCUT2D eigenvalue weighted by atomic mass is 16.6. The minimum atomic E-state index is -1.87. The zero-order chi connectivity index (χ0) is 31.3. The second-order valence-electron chi connectivity index (χ2n) is 9.34. The van der Waals surface area contributed by atoms with Gasteiger partial charge >= 0.3 is 23.9 Å². The van der Waals surface area contributed by atoms with Crippen molar-refractivity contribution in [3.05, 3.63) is 144 Å². The number of hydrogen-bond acceptors (Lipinski definition) is 10. The van der Waals surface area contributed by atoms with E-state index in [-0.39, 0.29) is 28.5 Å². The molecule has 0 aromatic heterocycles. The molecule has 4 aromatic carbocycles. The number of carbonyl (C=O) groups is 5. The van der Waals surface area contributed by atoms with Gasteiger partial charge < -0.3 is 24.1 Å². The molecule has 10 nitrogen and oxygen atoms in total. The minimum absolute atomic E-state index is 0.0616. The van der Waals surface area contributed by atoms with Crippen molar-refractivity contribution >= 4 is 30.2 Å². The Labute approximate surface area is 252 Å². The summed E-state index contributed by atoms with van der Waals surface area (Å²) in [6.45, 7) is -0.928. The van der Waals surface area contributed by atoms with Gasteiger partial charge in [0.1, 0.15) is 0 Å². The third-order valence-corrected chi connectivity index (χ3v) is 6.35. The fourth-order valence-electron chi connectivity index (χ4n) is 4.13. The van der Waals surface area contributed by atoms with Crippen molar-refractivity contribution in [3.8, 4) is 0 Å². The Morgan fingerprint density at radius 1 is 0.500 bits per heavy atom. The zero-order valence-electron chi connectivity index (χ0n) is 23.3. The van der Waals surface area contributed by atoms with Gasteiger partial charge in [-0.3, -0.25) is 4.79 Å². The second-order valence-corrected chi connectivity index (χ2v) is 9.34. The summed E-state index contributed by atoms with van der Waals surface area (Å²) in [5.74, 6) is -3.77. The second kappa shape index (κ2) is 15.6. The lowest BCUT2D eigenvalue weighted by Crippen LogP contribution is -2.53. The standard InChI is InChI=1S/C34H28O10/c35-21-27(41-31(37)23-13-5-1-6-14-23)29(43-33(39)25-17-9-3-10-18-25)30(44-34(40)26-19-11-4-12-20-26)28(22-36)42-32(38)24-15-7-2-8-16-24/h1-21,27-30,36H,22H2/t27-,28+,29-,30+/m1/s1. The van der Waals surface area contributed by atoms with Crippen LogP contribution in [0.3, 0.4) is 0 Å². The van der Waals surface area contributed by atoms with Gasteiger partial charge in [0.2, 0.25) is 0 Å². The predicted molar refractivity (Wildman–Crippen MR) is 156 cm³/mol. The average Bonchev–Trinajstić information content (AvgIpc) is 3.09. The van der Waals surface area contributed by atoms with E-state index in [9.17, 15) is 29.1 Å². The number of benzene rings is 4. The number of ether oxygens (including phenoxy) is 4. The Kier molecular flexibility index (Phi) is 11.1. The Morgan fingerprint density at radius 3 is 1.16 bits per heavy atom. The van der Waals surface area contributed by atoms with E-state index in [1.807, 2.05) is 0 Å². The largest absolute Gasteiger partial charge is 0.452 e. The van der Waals surface area contributed by atoms with Crippen molar-refractivity contribution in [2.24, 2.45) is 0 Å². The van der Waals surface area contributed by atoms with Gasteiger partial charge in [-0.1, -0.05) is 72.8 Å². The molecule has 0 saturated heterocycles. The first-order valence-electron chi connectivity index (χ1n) is 13.5. The van der Waals surface area contributed by atoms with Gasteiger partial charge in [-0.25, -0.2) is 19.2 Å². The molecular formula is C34H28O10. The molecule has 4 aromatic rings. The van der Waals surface area contributed by atoms with Crippen molar-refractivity contribution in [1.29, 1.82) is 0 Å². The molecule has 224 valence electrons. The summed E-state index contributed by atoms with van der Waals surface area (Å²) in [6, 6.07) is 30.9. The van der Waals surface area contributed by atoms with E-state index >= 15 is 0 Å². The highest BCUT2D eigenvalue weighted by Gasteiger charge is 2.45. The first-order valence-corrected chi connectivity index (χ1v) is 13.5. The number of aldehydes is 1. The van der Waals surface area contributed by atoms with Gasteiger partial charge in [0.25, 0.3) is 0 Å². The van der Waals surface area contributed by atoms with Crippen molar-refractivity contribution in [2.45, 2.75) is 24.4 Å². The van der Waals surface area contributed by atoms with E-state index in [0.717, 1.165) is 0 Å². The Morgan fingerprint density at radius 2 is 0.818 bits per heavy atom. The summed E-state index contributed by atoms with van der Waals surface area (Å²) in [7, 11) is 0. The molecule has 0 heterocycles. The molecule has 0 radical (unpaired) electrons. The molecule has 0 bridgehead atoms. The summed E-state index contributed by atoms with van der Waals surface area (Å²) < 4.78 is 22.3. The summed E-state index contributed by atoms with van der Waals surface area (Å²) in [5, 5.41) is 10.4. The SMILES string of the molecule is O=C[C@@H](OC(=O)c1ccccc1)[C@@H](OC(=O)c1ccccc1)[C@@H](OC(=O)c1ccccc1)[C@H](CO)OC(=O)c1ccccc1. The maximum absolute atomic E-state index is 13.3. The molecule has 0 saturated carbocycles. The van der Waals surface area contributed by atoms with E-state index in [4.69, 9.17) is 18.9 Å². The molecule has 44 heavy (non-hydrogen) atoms. The summed E-state index contributed by atoms with van der Waals surface area (Å²) in [6.07, 6.45) is -7.05. The predicted octanol–water partition coefficient (Wildman–Crippen LogP) is 4.08. The Hall–Kier alpha value is -5.61. The molecule has 4 rings (SSSR count). The van der Waals surface area contributed by atoms with Gasteiger partial charge in [0.15, 0.2) is 30.7 Å². The van der Waals surface area contributed by atoms with Crippen molar-refractivity contribution in [1.82, 2.24) is 0 Å². The number of carbonyl (C=O) groups excluding carboxylic acids is 5. The highest BCUT2D eigenvalue weighted by Crippen LogP contribution is 2.23. The smallest absolute Gasteiger partial charge is 0.338 e. The van der Waals surface area contributed by atoms with Crippen molar-refractivity contribution in [3.63, 3.8) is 0 Å². The van der Waals surface area contributed by atoms with Crippen LogP contribution in [0, 0.1) is 0 Å². The quantitative estimate of drug-likeness (QED) is 0.136. The maximum atomic E-state index is 13.3.